The van der Waals surface area contributed by atoms with Gasteiger partial charge < -0.3 is 14.6 Å². The van der Waals surface area contributed by atoms with Crippen molar-refractivity contribution in [2.75, 3.05) is 19.7 Å². The lowest BCUT2D eigenvalue weighted by atomic mass is 9.77. The second kappa shape index (κ2) is 5.75. The van der Waals surface area contributed by atoms with Crippen molar-refractivity contribution in [3.8, 4) is 5.75 Å². The van der Waals surface area contributed by atoms with Gasteiger partial charge in [0.05, 0.1) is 6.54 Å². The molecule has 0 spiro atoms. The van der Waals surface area contributed by atoms with Gasteiger partial charge >= 0.3 is 0 Å². The molecule has 0 amide bonds. The van der Waals surface area contributed by atoms with E-state index in [0.29, 0.717) is 12.3 Å². The summed E-state index contributed by atoms with van der Waals surface area (Å²) in [5.74, 6) is 0.212. The Morgan fingerprint density at radius 1 is 1.42 bits per heavy atom. The summed E-state index contributed by atoms with van der Waals surface area (Å²) in [6.07, 6.45) is 4.00. The van der Waals surface area contributed by atoms with Crippen molar-refractivity contribution in [2.45, 2.75) is 32.7 Å². The summed E-state index contributed by atoms with van der Waals surface area (Å²) in [7, 11) is 0. The summed E-state index contributed by atoms with van der Waals surface area (Å²) in [6, 6.07) is 1.34. The minimum atomic E-state index is -0.406. The number of nitrogens with zero attached hydrogens (tertiary/aromatic N) is 1. The first kappa shape index (κ1) is 14.1. The molecule has 2 N–H and O–H groups in total. The van der Waals surface area contributed by atoms with E-state index in [1.807, 2.05) is 0 Å². The van der Waals surface area contributed by atoms with Gasteiger partial charge in [-0.05, 0) is 37.8 Å². The molecule has 0 bridgehead atoms. The number of aliphatic hydroxyl groups excluding tert-OH is 1. The zero-order chi connectivity index (χ0) is 13.9. The quantitative estimate of drug-likeness (QED) is 0.861. The highest BCUT2D eigenvalue weighted by molar-refractivity contribution is 5.15. The van der Waals surface area contributed by atoms with E-state index in [1.54, 1.807) is 0 Å². The molecule has 0 unspecified atom stereocenters. The molecule has 1 saturated heterocycles. The van der Waals surface area contributed by atoms with Gasteiger partial charge in [-0.2, -0.15) is 0 Å². The van der Waals surface area contributed by atoms with Gasteiger partial charge in [0.1, 0.15) is 12.0 Å². The van der Waals surface area contributed by atoms with Crippen LogP contribution in [0.5, 0.6) is 5.75 Å². The molecule has 1 aromatic heterocycles. The molecule has 2 rings (SSSR count). The Bertz CT molecular complexity index is 469. The van der Waals surface area contributed by atoms with Crippen molar-refractivity contribution in [2.24, 2.45) is 5.41 Å². The molecule has 1 aromatic rings. The van der Waals surface area contributed by atoms with Crippen LogP contribution in [0.4, 0.5) is 0 Å². The van der Waals surface area contributed by atoms with E-state index in [0.717, 1.165) is 38.6 Å². The third-order valence-corrected chi connectivity index (χ3v) is 4.25. The molecule has 1 fully saturated rings. The normalized spacial score (nSPS) is 19.5. The smallest absolute Gasteiger partial charge is 0.226 e. The Hall–Kier alpha value is -1.33. The Morgan fingerprint density at radius 3 is 2.63 bits per heavy atom. The zero-order valence-electron chi connectivity index (χ0n) is 11.3. The highest BCUT2D eigenvalue weighted by atomic mass is 16.4. The first-order chi connectivity index (χ1) is 9.08. The lowest BCUT2D eigenvalue weighted by molar-refractivity contribution is 0.0358. The Kier molecular flexibility index (Phi) is 4.27. The van der Waals surface area contributed by atoms with Crippen LogP contribution in [0, 0.1) is 5.41 Å². The van der Waals surface area contributed by atoms with Crippen LogP contribution >= 0.6 is 0 Å². The number of aromatic hydroxyl groups is 1. The van der Waals surface area contributed by atoms with Gasteiger partial charge in [-0.1, -0.05) is 6.92 Å². The highest BCUT2D eigenvalue weighted by Crippen LogP contribution is 2.34. The van der Waals surface area contributed by atoms with Gasteiger partial charge in [-0.25, -0.2) is 0 Å². The molecule has 5 heteroatoms. The van der Waals surface area contributed by atoms with Gasteiger partial charge in [-0.3, -0.25) is 9.69 Å². The Labute approximate surface area is 112 Å². The fraction of sp³-hybridized carbons (Fsp3) is 0.643. The standard InChI is InChI=1S/C14H21NO4/c1-2-14(10-16)3-5-15(6-4-14)8-11-7-12(17)13(18)9-19-11/h7,9,16,18H,2-6,8,10H2,1H3. The molecule has 1 aliphatic rings. The van der Waals surface area contributed by atoms with Crippen LogP contribution < -0.4 is 5.43 Å². The number of aliphatic hydroxyl groups is 1. The van der Waals surface area contributed by atoms with Crippen LogP contribution in [-0.4, -0.2) is 34.8 Å². The summed E-state index contributed by atoms with van der Waals surface area (Å²) in [5.41, 5.74) is -0.344. The maximum atomic E-state index is 11.3. The van der Waals surface area contributed by atoms with Crippen molar-refractivity contribution >= 4 is 0 Å². The molecule has 106 valence electrons. The average molecular weight is 267 g/mol. The van der Waals surface area contributed by atoms with Crippen LogP contribution in [0.15, 0.2) is 21.5 Å². The van der Waals surface area contributed by atoms with Crippen molar-refractivity contribution in [1.82, 2.24) is 4.90 Å². The second-order valence-corrected chi connectivity index (χ2v) is 5.38. The predicted octanol–water partition coefficient (Wildman–Crippen LogP) is 1.33. The molecule has 2 heterocycles. The van der Waals surface area contributed by atoms with Gasteiger partial charge in [0, 0.05) is 12.7 Å². The fourth-order valence-corrected chi connectivity index (χ4v) is 2.56. The Balaban J connectivity index is 1.95. The molecular formula is C14H21NO4. The predicted molar refractivity (Wildman–Crippen MR) is 71.0 cm³/mol. The molecule has 0 aliphatic carbocycles. The molecule has 5 nitrogen and oxygen atoms in total. The first-order valence-electron chi connectivity index (χ1n) is 6.72. The molecule has 19 heavy (non-hydrogen) atoms. The van der Waals surface area contributed by atoms with Crippen molar-refractivity contribution in [3.63, 3.8) is 0 Å². The van der Waals surface area contributed by atoms with Crippen LogP contribution in [-0.2, 0) is 6.54 Å². The number of hydrogen-bond donors (Lipinski definition) is 2. The lowest BCUT2D eigenvalue weighted by Crippen LogP contribution is -2.41. The molecule has 0 aromatic carbocycles. The van der Waals surface area contributed by atoms with Crippen LogP contribution in [0.2, 0.25) is 0 Å². The third-order valence-electron chi connectivity index (χ3n) is 4.25. The largest absolute Gasteiger partial charge is 0.502 e. The number of piperidine rings is 1. The van der Waals surface area contributed by atoms with Crippen molar-refractivity contribution in [1.29, 1.82) is 0 Å². The van der Waals surface area contributed by atoms with Gasteiger partial charge in [0.2, 0.25) is 5.43 Å². The maximum absolute atomic E-state index is 11.3. The number of rotatable bonds is 4. The molecular weight excluding hydrogens is 246 g/mol. The minimum Gasteiger partial charge on any atom is -0.502 e. The van der Waals surface area contributed by atoms with Crippen LogP contribution in [0.25, 0.3) is 0 Å². The van der Waals surface area contributed by atoms with E-state index in [2.05, 4.69) is 11.8 Å². The van der Waals surface area contributed by atoms with Crippen LogP contribution in [0.3, 0.4) is 0 Å². The van der Waals surface area contributed by atoms with Crippen molar-refractivity contribution < 1.29 is 14.6 Å². The number of hydrogen-bond acceptors (Lipinski definition) is 5. The summed E-state index contributed by atoms with van der Waals surface area (Å²) < 4.78 is 5.21. The summed E-state index contributed by atoms with van der Waals surface area (Å²) in [6.45, 7) is 4.70. The molecule has 0 radical (unpaired) electrons. The monoisotopic (exact) mass is 267 g/mol. The van der Waals surface area contributed by atoms with E-state index in [9.17, 15) is 9.90 Å². The van der Waals surface area contributed by atoms with E-state index >= 15 is 0 Å². The lowest BCUT2D eigenvalue weighted by Gasteiger charge is -2.40. The Morgan fingerprint density at radius 2 is 2.11 bits per heavy atom. The highest BCUT2D eigenvalue weighted by Gasteiger charge is 2.32. The molecule has 0 atom stereocenters. The minimum absolute atomic E-state index is 0.0618. The summed E-state index contributed by atoms with van der Waals surface area (Å²) >= 11 is 0. The van der Waals surface area contributed by atoms with Gasteiger partial charge in [0.25, 0.3) is 0 Å². The van der Waals surface area contributed by atoms with Crippen molar-refractivity contribution in [3.05, 3.63) is 28.3 Å². The summed E-state index contributed by atoms with van der Waals surface area (Å²) in [4.78, 5) is 13.5. The molecule has 1 aliphatic heterocycles. The van der Waals surface area contributed by atoms with Gasteiger partial charge in [-0.15, -0.1) is 0 Å². The van der Waals surface area contributed by atoms with Gasteiger partial charge in [0.15, 0.2) is 5.75 Å². The zero-order valence-corrected chi connectivity index (χ0v) is 11.3. The van der Waals surface area contributed by atoms with E-state index in [-0.39, 0.29) is 17.8 Å². The topological polar surface area (TPSA) is 73.9 Å². The third kappa shape index (κ3) is 3.16. The molecule has 0 saturated carbocycles. The summed E-state index contributed by atoms with van der Waals surface area (Å²) in [5, 5.41) is 18.6. The maximum Gasteiger partial charge on any atom is 0.226 e. The van der Waals surface area contributed by atoms with E-state index in [1.165, 1.54) is 6.07 Å². The second-order valence-electron chi connectivity index (χ2n) is 5.38. The SMILES string of the molecule is CCC1(CO)CCN(Cc2cc(=O)c(O)co2)CC1. The first-order valence-corrected chi connectivity index (χ1v) is 6.72. The average Bonchev–Trinajstić information content (AvgIpc) is 2.44. The van der Waals surface area contributed by atoms with Crippen LogP contribution in [0.1, 0.15) is 31.9 Å². The fourth-order valence-electron chi connectivity index (χ4n) is 2.56. The van der Waals surface area contributed by atoms with E-state index < -0.39 is 5.43 Å². The number of likely N-dealkylation sites (tertiary alicyclic amines) is 1. The van der Waals surface area contributed by atoms with E-state index in [4.69, 9.17) is 9.52 Å².